The first kappa shape index (κ1) is 16.1. The molecule has 0 saturated carbocycles. The van der Waals surface area contributed by atoms with Crippen LogP contribution in [0.3, 0.4) is 0 Å². The Bertz CT molecular complexity index is 714. The fraction of sp³-hybridized carbons (Fsp3) is 0.438. The van der Waals surface area contributed by atoms with Gasteiger partial charge in [0.15, 0.2) is 11.6 Å². The van der Waals surface area contributed by atoms with Crippen molar-refractivity contribution in [2.24, 2.45) is 7.05 Å². The van der Waals surface area contributed by atoms with E-state index in [4.69, 9.17) is 4.74 Å². The molecule has 3 rings (SSSR count). The molecule has 0 aromatic carbocycles. The monoisotopic (exact) mass is 330 g/mol. The summed E-state index contributed by atoms with van der Waals surface area (Å²) in [6.07, 6.45) is 4.15. The van der Waals surface area contributed by atoms with Gasteiger partial charge in [0, 0.05) is 46.4 Å². The van der Waals surface area contributed by atoms with Crippen molar-refractivity contribution in [2.75, 3.05) is 37.4 Å². The third-order valence-corrected chi connectivity index (χ3v) is 3.96. The van der Waals surface area contributed by atoms with E-state index in [0.717, 1.165) is 18.0 Å². The molecule has 2 aromatic heterocycles. The van der Waals surface area contributed by atoms with Crippen molar-refractivity contribution in [3.8, 4) is 5.75 Å². The Hall–Kier alpha value is -2.77. The molecule has 2 amide bonds. The molecule has 1 N–H and O–H groups in total. The molecule has 128 valence electrons. The van der Waals surface area contributed by atoms with Gasteiger partial charge in [-0.1, -0.05) is 0 Å². The lowest BCUT2D eigenvalue weighted by Crippen LogP contribution is -2.35. The number of aryl methyl sites for hydroxylation is 1. The Labute approximate surface area is 141 Å². The Morgan fingerprint density at radius 3 is 2.92 bits per heavy atom. The zero-order chi connectivity index (χ0) is 17.1. The van der Waals surface area contributed by atoms with Gasteiger partial charge in [-0.3, -0.25) is 10.00 Å². The predicted molar refractivity (Wildman–Crippen MR) is 91.4 cm³/mol. The van der Waals surface area contributed by atoms with Crippen LogP contribution in [0.15, 0.2) is 30.6 Å². The molecule has 1 aliphatic rings. The number of anilines is 2. The van der Waals surface area contributed by atoms with Crippen molar-refractivity contribution in [3.05, 3.63) is 30.6 Å². The van der Waals surface area contributed by atoms with Crippen LogP contribution in [0.5, 0.6) is 5.75 Å². The van der Waals surface area contributed by atoms with Crippen molar-refractivity contribution in [1.29, 1.82) is 0 Å². The summed E-state index contributed by atoms with van der Waals surface area (Å²) in [6, 6.07) is 5.38. The van der Waals surface area contributed by atoms with Crippen molar-refractivity contribution < 1.29 is 9.53 Å². The number of aromatic nitrogens is 3. The molecular weight excluding hydrogens is 308 g/mol. The van der Waals surface area contributed by atoms with E-state index in [-0.39, 0.29) is 12.1 Å². The van der Waals surface area contributed by atoms with Gasteiger partial charge in [-0.2, -0.15) is 5.10 Å². The minimum atomic E-state index is -0.135. The summed E-state index contributed by atoms with van der Waals surface area (Å²) < 4.78 is 7.69. The first-order valence-electron chi connectivity index (χ1n) is 7.87. The number of hydrogen-bond acceptors (Lipinski definition) is 5. The molecule has 3 heterocycles. The zero-order valence-corrected chi connectivity index (χ0v) is 14.1. The smallest absolute Gasteiger partial charge is 0.323 e. The summed E-state index contributed by atoms with van der Waals surface area (Å²) in [5.41, 5.74) is 0. The quantitative estimate of drug-likeness (QED) is 0.921. The molecule has 1 saturated heterocycles. The van der Waals surface area contributed by atoms with E-state index < -0.39 is 0 Å². The van der Waals surface area contributed by atoms with Crippen LogP contribution in [0.2, 0.25) is 0 Å². The number of ether oxygens (including phenoxy) is 1. The summed E-state index contributed by atoms with van der Waals surface area (Å²) in [7, 11) is 5.64. The number of amides is 2. The lowest BCUT2D eigenvalue weighted by Gasteiger charge is -2.20. The minimum Gasteiger partial charge on any atom is -0.485 e. The fourth-order valence-corrected chi connectivity index (χ4v) is 2.68. The van der Waals surface area contributed by atoms with E-state index in [2.05, 4.69) is 15.4 Å². The number of pyridine rings is 1. The molecule has 24 heavy (non-hydrogen) atoms. The van der Waals surface area contributed by atoms with E-state index in [1.54, 1.807) is 35.1 Å². The Morgan fingerprint density at radius 2 is 2.21 bits per heavy atom. The highest BCUT2D eigenvalue weighted by Crippen LogP contribution is 2.26. The van der Waals surface area contributed by atoms with Crippen LogP contribution in [-0.2, 0) is 7.05 Å². The summed E-state index contributed by atoms with van der Waals surface area (Å²) in [4.78, 5) is 20.3. The lowest BCUT2D eigenvalue weighted by molar-refractivity contribution is 0.195. The highest BCUT2D eigenvalue weighted by molar-refractivity contribution is 5.88. The largest absolute Gasteiger partial charge is 0.485 e. The Balaban J connectivity index is 1.60. The topological polar surface area (TPSA) is 75.5 Å². The number of urea groups is 1. The summed E-state index contributed by atoms with van der Waals surface area (Å²) in [6.45, 7) is 1.21. The second-order valence-electron chi connectivity index (χ2n) is 5.96. The van der Waals surface area contributed by atoms with E-state index in [0.29, 0.717) is 18.9 Å². The summed E-state index contributed by atoms with van der Waals surface area (Å²) in [5, 5.41) is 6.90. The molecule has 8 heteroatoms. The highest BCUT2D eigenvalue weighted by atomic mass is 16.5. The van der Waals surface area contributed by atoms with Crippen LogP contribution in [-0.4, -0.2) is 59.0 Å². The lowest BCUT2D eigenvalue weighted by atomic mass is 10.3. The van der Waals surface area contributed by atoms with Gasteiger partial charge in [-0.25, -0.2) is 9.78 Å². The number of hydrogen-bond donors (Lipinski definition) is 1. The summed E-state index contributed by atoms with van der Waals surface area (Å²) in [5.74, 6) is 2.20. The maximum Gasteiger partial charge on any atom is 0.323 e. The number of carbonyl (C=O) groups excluding carboxylic acids is 1. The standard InChI is InChI=1S/C16H22N6O2/c1-20(2)15-13(5-4-8-17-15)24-12-7-10-22(11-12)16(23)19-14-6-9-18-21(14)3/h4-6,8-9,12H,7,10-11H2,1-3H3,(H,19,23)/t12-/m1/s1. The first-order chi connectivity index (χ1) is 11.5. The van der Waals surface area contributed by atoms with Crippen LogP contribution in [0, 0.1) is 0 Å². The fourth-order valence-electron chi connectivity index (χ4n) is 2.68. The molecule has 1 aliphatic heterocycles. The van der Waals surface area contributed by atoms with E-state index >= 15 is 0 Å². The van der Waals surface area contributed by atoms with Gasteiger partial charge in [0.05, 0.1) is 12.7 Å². The van der Waals surface area contributed by atoms with Gasteiger partial charge < -0.3 is 14.5 Å². The Morgan fingerprint density at radius 1 is 1.38 bits per heavy atom. The molecule has 0 unspecified atom stereocenters. The number of carbonyl (C=O) groups is 1. The number of nitrogens with one attached hydrogen (secondary N) is 1. The maximum absolute atomic E-state index is 12.3. The molecule has 0 aliphatic carbocycles. The van der Waals surface area contributed by atoms with Crippen LogP contribution < -0.4 is 15.0 Å². The molecular formula is C16H22N6O2. The second-order valence-corrected chi connectivity index (χ2v) is 5.96. The average molecular weight is 330 g/mol. The molecule has 0 radical (unpaired) electrons. The van der Waals surface area contributed by atoms with Gasteiger partial charge in [0.2, 0.25) is 0 Å². The van der Waals surface area contributed by atoms with E-state index in [1.807, 2.05) is 31.1 Å². The molecule has 0 spiro atoms. The van der Waals surface area contributed by atoms with Gasteiger partial charge in [-0.15, -0.1) is 0 Å². The third kappa shape index (κ3) is 3.42. The van der Waals surface area contributed by atoms with Crippen LogP contribution in [0.4, 0.5) is 16.4 Å². The molecule has 8 nitrogen and oxygen atoms in total. The highest BCUT2D eigenvalue weighted by Gasteiger charge is 2.28. The van der Waals surface area contributed by atoms with E-state index in [1.165, 1.54) is 0 Å². The molecule has 2 aromatic rings. The second kappa shape index (κ2) is 6.77. The first-order valence-corrected chi connectivity index (χ1v) is 7.87. The Kier molecular flexibility index (Phi) is 4.54. The van der Waals surface area contributed by atoms with Crippen molar-refractivity contribution in [1.82, 2.24) is 19.7 Å². The van der Waals surface area contributed by atoms with Gasteiger partial charge in [0.1, 0.15) is 11.9 Å². The van der Waals surface area contributed by atoms with Gasteiger partial charge in [0.25, 0.3) is 0 Å². The third-order valence-electron chi connectivity index (χ3n) is 3.96. The number of rotatable bonds is 4. The van der Waals surface area contributed by atoms with Crippen LogP contribution in [0.25, 0.3) is 0 Å². The minimum absolute atomic E-state index is 0.0369. The number of nitrogens with zero attached hydrogens (tertiary/aromatic N) is 5. The molecule has 1 fully saturated rings. The van der Waals surface area contributed by atoms with Crippen LogP contribution in [0.1, 0.15) is 6.42 Å². The number of likely N-dealkylation sites (tertiary alicyclic amines) is 1. The van der Waals surface area contributed by atoms with Crippen molar-refractivity contribution in [2.45, 2.75) is 12.5 Å². The van der Waals surface area contributed by atoms with Gasteiger partial charge in [-0.05, 0) is 12.1 Å². The van der Waals surface area contributed by atoms with E-state index in [9.17, 15) is 4.79 Å². The summed E-state index contributed by atoms with van der Waals surface area (Å²) >= 11 is 0. The normalized spacial score (nSPS) is 17.0. The maximum atomic E-state index is 12.3. The van der Waals surface area contributed by atoms with Crippen LogP contribution >= 0.6 is 0 Å². The molecule has 0 bridgehead atoms. The van der Waals surface area contributed by atoms with Gasteiger partial charge >= 0.3 is 6.03 Å². The van der Waals surface area contributed by atoms with Crippen molar-refractivity contribution >= 4 is 17.7 Å². The SMILES string of the molecule is CN(C)c1ncccc1O[C@@H]1CCN(C(=O)Nc2ccnn2C)C1. The molecule has 1 atom stereocenters. The average Bonchev–Trinajstić information content (AvgIpc) is 3.17. The van der Waals surface area contributed by atoms with Crippen molar-refractivity contribution in [3.63, 3.8) is 0 Å². The predicted octanol–water partition coefficient (Wildman–Crippen LogP) is 1.57. The zero-order valence-electron chi connectivity index (χ0n) is 14.1.